The summed E-state index contributed by atoms with van der Waals surface area (Å²) in [5, 5.41) is 11.1. The molecule has 0 saturated heterocycles. The third-order valence-electron chi connectivity index (χ3n) is 9.36. The van der Waals surface area contributed by atoms with E-state index in [1.165, 1.54) is 16.7 Å². The molecule has 1 atom stereocenters. The van der Waals surface area contributed by atoms with Crippen molar-refractivity contribution in [2.75, 3.05) is 13.7 Å². The maximum Gasteiger partial charge on any atom is 0.459 e. The number of phenols is 1. The molecule has 232 valence electrons. The Labute approximate surface area is 260 Å². The lowest BCUT2D eigenvalue weighted by Crippen LogP contribution is -2.14. The average molecular weight is 609 g/mol. The molecule has 10 nitrogen and oxygen atoms in total. The number of amides is 1. The summed E-state index contributed by atoms with van der Waals surface area (Å²) in [4.78, 5) is 29.1. The fourth-order valence-corrected chi connectivity index (χ4v) is 7.31. The molecule has 1 fully saturated rings. The molecule has 5 aromatic rings. The molecule has 0 unspecified atom stereocenters. The summed E-state index contributed by atoms with van der Waals surface area (Å²) in [5.41, 5.74) is 12.2. The quantitative estimate of drug-likeness (QED) is 0.245. The van der Waals surface area contributed by atoms with Crippen LogP contribution in [0.3, 0.4) is 0 Å². The third kappa shape index (κ3) is 5.13. The minimum Gasteiger partial charge on any atom is -0.508 e. The maximum absolute atomic E-state index is 12.5. The molecular formula is C35H36N4O6. The monoisotopic (exact) mass is 608 g/mol. The molecule has 3 heterocycles. The summed E-state index contributed by atoms with van der Waals surface area (Å²) in [6.45, 7) is 0.981. The normalized spacial score (nSPS) is 15.6. The van der Waals surface area contributed by atoms with Gasteiger partial charge in [-0.3, -0.25) is 4.79 Å². The zero-order chi connectivity index (χ0) is 31.2. The largest absolute Gasteiger partial charge is 0.508 e. The summed E-state index contributed by atoms with van der Waals surface area (Å²) < 4.78 is 21.4. The number of hydrogen-bond acceptors (Lipinski definition) is 7. The van der Waals surface area contributed by atoms with Gasteiger partial charge in [-0.05, 0) is 72.2 Å². The highest BCUT2D eigenvalue weighted by molar-refractivity contribution is 6.01. The van der Waals surface area contributed by atoms with Gasteiger partial charge in [-0.25, -0.2) is 4.79 Å². The van der Waals surface area contributed by atoms with Crippen LogP contribution in [0.25, 0.3) is 22.2 Å². The van der Waals surface area contributed by atoms with Gasteiger partial charge in [0.05, 0.1) is 25.3 Å². The van der Waals surface area contributed by atoms with Crippen molar-refractivity contribution >= 4 is 16.8 Å². The zero-order valence-electron chi connectivity index (χ0n) is 25.4. The summed E-state index contributed by atoms with van der Waals surface area (Å²) in [5.74, 6) is 0.673. The summed E-state index contributed by atoms with van der Waals surface area (Å²) >= 11 is 0. The van der Waals surface area contributed by atoms with E-state index >= 15 is 0 Å². The molecule has 3 N–H and O–H groups in total. The smallest absolute Gasteiger partial charge is 0.459 e. The van der Waals surface area contributed by atoms with Gasteiger partial charge in [0.25, 0.3) is 0 Å². The SMILES string of the molecule is COc1cc2c(c([C@H](Cc3ccc(O)cc3)c3nc(=O)on3C)c1)-c1c(C3CCCCC3)c3ccc(C(N)=O)cc3n1CCO2. The van der Waals surface area contributed by atoms with Crippen LogP contribution >= 0.6 is 0 Å². The first-order valence-corrected chi connectivity index (χ1v) is 15.5. The lowest BCUT2D eigenvalue weighted by Gasteiger charge is -2.26. The molecule has 0 bridgehead atoms. The zero-order valence-corrected chi connectivity index (χ0v) is 25.4. The Morgan fingerprint density at radius 3 is 2.58 bits per heavy atom. The molecule has 0 radical (unpaired) electrons. The summed E-state index contributed by atoms with van der Waals surface area (Å²) in [7, 11) is 3.30. The van der Waals surface area contributed by atoms with Crippen LogP contribution in [0, 0.1) is 0 Å². The van der Waals surface area contributed by atoms with Crippen molar-refractivity contribution in [2.45, 2.75) is 56.9 Å². The molecule has 7 rings (SSSR count). The van der Waals surface area contributed by atoms with E-state index in [0.29, 0.717) is 48.4 Å². The number of benzene rings is 3. The number of ether oxygens (including phenoxy) is 2. The Morgan fingerprint density at radius 1 is 1.11 bits per heavy atom. The Morgan fingerprint density at radius 2 is 1.89 bits per heavy atom. The van der Waals surface area contributed by atoms with E-state index in [4.69, 9.17) is 19.7 Å². The van der Waals surface area contributed by atoms with Crippen LogP contribution in [0.1, 0.15) is 76.8 Å². The number of nitrogens with zero attached hydrogens (tertiary/aromatic N) is 3. The van der Waals surface area contributed by atoms with E-state index in [-0.39, 0.29) is 5.75 Å². The molecule has 2 aliphatic rings. The van der Waals surface area contributed by atoms with Gasteiger partial charge in [-0.1, -0.05) is 37.5 Å². The molecule has 10 heteroatoms. The van der Waals surface area contributed by atoms with E-state index in [2.05, 4.69) is 9.55 Å². The molecule has 1 saturated carbocycles. The van der Waals surface area contributed by atoms with Crippen molar-refractivity contribution in [3.8, 4) is 28.5 Å². The Kier molecular flexibility index (Phi) is 7.35. The number of nitrogens with two attached hydrogens (primary N) is 1. The lowest BCUT2D eigenvalue weighted by molar-refractivity contribution is 0.100. The molecule has 1 amide bonds. The first-order chi connectivity index (χ1) is 21.8. The molecule has 3 aromatic carbocycles. The molecule has 0 spiro atoms. The minimum absolute atomic E-state index is 0.171. The highest BCUT2D eigenvalue weighted by atomic mass is 16.5. The lowest BCUT2D eigenvalue weighted by atomic mass is 9.79. The highest BCUT2D eigenvalue weighted by Crippen LogP contribution is 2.51. The van der Waals surface area contributed by atoms with Gasteiger partial charge in [0.1, 0.15) is 23.9 Å². The van der Waals surface area contributed by atoms with Crippen LogP contribution in [0.4, 0.5) is 0 Å². The number of carbonyl (C=O) groups is 1. The van der Waals surface area contributed by atoms with Crippen LogP contribution in [-0.4, -0.2) is 39.0 Å². The molecule has 1 aliphatic carbocycles. The number of carbonyl (C=O) groups excluding carboxylic acids is 1. The Bertz CT molecular complexity index is 1960. The second-order valence-electron chi connectivity index (χ2n) is 12.0. The van der Waals surface area contributed by atoms with Gasteiger partial charge >= 0.3 is 5.76 Å². The number of phenolic OH excluding ortho intramolecular Hbond substituents is 1. The first-order valence-electron chi connectivity index (χ1n) is 15.5. The summed E-state index contributed by atoms with van der Waals surface area (Å²) in [6.07, 6.45) is 6.12. The van der Waals surface area contributed by atoms with Crippen molar-refractivity contribution in [2.24, 2.45) is 12.8 Å². The van der Waals surface area contributed by atoms with Crippen molar-refractivity contribution in [1.82, 2.24) is 14.3 Å². The topological polar surface area (TPSA) is 135 Å². The predicted octanol–water partition coefficient (Wildman–Crippen LogP) is 5.62. The van der Waals surface area contributed by atoms with Crippen molar-refractivity contribution in [3.05, 3.63) is 93.2 Å². The van der Waals surface area contributed by atoms with Crippen LogP contribution in [0.2, 0.25) is 0 Å². The second-order valence-corrected chi connectivity index (χ2v) is 12.0. The molecule has 1 aliphatic heterocycles. The second kappa shape index (κ2) is 11.5. The first kappa shape index (κ1) is 28.8. The highest BCUT2D eigenvalue weighted by Gasteiger charge is 2.35. The van der Waals surface area contributed by atoms with E-state index < -0.39 is 17.6 Å². The Balaban J connectivity index is 1.56. The van der Waals surface area contributed by atoms with Crippen molar-refractivity contribution in [3.63, 3.8) is 0 Å². The molecule has 45 heavy (non-hydrogen) atoms. The van der Waals surface area contributed by atoms with Crippen LogP contribution in [0.15, 0.2) is 63.9 Å². The third-order valence-corrected chi connectivity index (χ3v) is 9.36. The van der Waals surface area contributed by atoms with Crippen LogP contribution in [-0.2, 0) is 20.0 Å². The number of rotatable bonds is 7. The average Bonchev–Trinajstić information content (AvgIpc) is 3.47. The van der Waals surface area contributed by atoms with E-state index in [1.54, 1.807) is 26.3 Å². The summed E-state index contributed by atoms with van der Waals surface area (Å²) in [6, 6.07) is 16.7. The van der Waals surface area contributed by atoms with Gasteiger partial charge in [-0.2, -0.15) is 9.72 Å². The standard InChI is InChI=1S/C35H36N4O6/c1-38-34(37-35(42)45-38)27(16-20-8-11-23(40)12-9-20)26-18-24(43-2)19-29-31(26)32-30(21-6-4-3-5-7-21)25-13-10-22(33(36)41)17-28(25)39(32)14-15-44-29/h8-13,17-19,21,27,40H,3-7,14-16H2,1-2H3,(H2,36,41)/t27-/m0/s1. The van der Waals surface area contributed by atoms with Crippen molar-refractivity contribution in [1.29, 1.82) is 0 Å². The number of aryl methyl sites for hydroxylation is 1. The predicted molar refractivity (Wildman–Crippen MR) is 169 cm³/mol. The number of primary amides is 1. The van der Waals surface area contributed by atoms with Gasteiger partial charge in [0.15, 0.2) is 5.82 Å². The minimum atomic E-state index is -0.676. The Hall–Kier alpha value is -4.99. The van der Waals surface area contributed by atoms with E-state index in [0.717, 1.165) is 59.0 Å². The van der Waals surface area contributed by atoms with E-state index in [9.17, 15) is 14.7 Å². The number of aromatic hydroxyl groups is 1. The fraction of sp³-hybridized carbons (Fsp3) is 0.343. The number of fused-ring (bicyclic) bond motifs is 5. The van der Waals surface area contributed by atoms with Gasteiger partial charge in [0, 0.05) is 35.1 Å². The number of aromatic nitrogens is 3. The van der Waals surface area contributed by atoms with E-state index in [1.807, 2.05) is 42.5 Å². The van der Waals surface area contributed by atoms with Gasteiger partial charge in [0.2, 0.25) is 5.91 Å². The molecule has 2 aromatic heterocycles. The fourth-order valence-electron chi connectivity index (χ4n) is 7.31. The van der Waals surface area contributed by atoms with Crippen LogP contribution < -0.4 is 21.0 Å². The van der Waals surface area contributed by atoms with Crippen molar-refractivity contribution < 1.29 is 23.9 Å². The van der Waals surface area contributed by atoms with Gasteiger partial charge < -0.3 is 29.4 Å². The van der Waals surface area contributed by atoms with Crippen LogP contribution in [0.5, 0.6) is 17.2 Å². The number of methoxy groups -OCH3 is 1. The number of hydrogen-bond donors (Lipinski definition) is 2. The maximum atomic E-state index is 12.5. The van der Waals surface area contributed by atoms with Gasteiger partial charge in [-0.15, -0.1) is 0 Å². The molecular weight excluding hydrogens is 572 g/mol.